The van der Waals surface area contributed by atoms with Crippen molar-refractivity contribution in [1.29, 1.82) is 0 Å². The van der Waals surface area contributed by atoms with Crippen molar-refractivity contribution in [3.05, 3.63) is 48.0 Å². The van der Waals surface area contributed by atoms with Gasteiger partial charge in [0.15, 0.2) is 0 Å². The van der Waals surface area contributed by atoms with Crippen LogP contribution in [0.2, 0.25) is 0 Å². The van der Waals surface area contributed by atoms with Gasteiger partial charge in [-0.05, 0) is 36.6 Å². The third-order valence-corrected chi connectivity index (χ3v) is 3.66. The Labute approximate surface area is 127 Å². The van der Waals surface area contributed by atoms with Gasteiger partial charge in [-0.2, -0.15) is 13.2 Å². The van der Waals surface area contributed by atoms with E-state index in [2.05, 4.69) is 6.58 Å². The van der Waals surface area contributed by atoms with Crippen LogP contribution >= 0.6 is 0 Å². The van der Waals surface area contributed by atoms with Crippen LogP contribution in [0.1, 0.15) is 17.5 Å². The summed E-state index contributed by atoms with van der Waals surface area (Å²) < 4.78 is 43.0. The Kier molecular flexibility index (Phi) is 5.24. The van der Waals surface area contributed by atoms with Gasteiger partial charge in [0.05, 0.1) is 18.3 Å². The number of hydrogen-bond acceptors (Lipinski definition) is 2. The number of hydrogen-bond donors (Lipinski definition) is 0. The van der Waals surface area contributed by atoms with Crippen molar-refractivity contribution in [2.75, 3.05) is 19.7 Å². The van der Waals surface area contributed by atoms with Gasteiger partial charge in [0.2, 0.25) is 5.91 Å². The molecule has 0 unspecified atom stereocenters. The second kappa shape index (κ2) is 6.96. The number of nitrogens with zero attached hydrogens (tertiary/aromatic N) is 1. The Morgan fingerprint density at radius 2 is 2.05 bits per heavy atom. The van der Waals surface area contributed by atoms with Crippen molar-refractivity contribution in [2.45, 2.75) is 25.1 Å². The summed E-state index contributed by atoms with van der Waals surface area (Å²) in [6.07, 6.45) is -1.72. The van der Waals surface area contributed by atoms with E-state index in [-0.39, 0.29) is 12.0 Å². The normalized spacial score (nSPS) is 18.5. The van der Waals surface area contributed by atoms with Crippen molar-refractivity contribution < 1.29 is 22.7 Å². The topological polar surface area (TPSA) is 29.5 Å². The van der Waals surface area contributed by atoms with Crippen molar-refractivity contribution in [2.24, 2.45) is 0 Å². The highest BCUT2D eigenvalue weighted by molar-refractivity contribution is 5.87. The molecule has 0 aromatic heterocycles. The highest BCUT2D eigenvalue weighted by atomic mass is 19.4. The smallest absolute Gasteiger partial charge is 0.376 e. The molecule has 1 aromatic carbocycles. The largest absolute Gasteiger partial charge is 0.416 e. The zero-order chi connectivity index (χ0) is 16.2. The van der Waals surface area contributed by atoms with Gasteiger partial charge >= 0.3 is 6.18 Å². The number of benzene rings is 1. The first kappa shape index (κ1) is 16.5. The van der Waals surface area contributed by atoms with Gasteiger partial charge in [-0.25, -0.2) is 0 Å². The van der Waals surface area contributed by atoms with Crippen LogP contribution in [-0.2, 0) is 22.1 Å². The first-order chi connectivity index (χ1) is 10.4. The molecular formula is C16H18F3NO2. The Morgan fingerprint density at radius 3 is 2.64 bits per heavy atom. The molecule has 6 heteroatoms. The molecule has 1 aromatic rings. The standard InChI is InChI=1S/C16H18F3NO2/c1-2-15(21)20-9-7-14(11-20)22-10-8-12-3-5-13(6-4-12)16(17,18)19/h2-6,14H,1,7-11H2/t14-/m0/s1. The lowest BCUT2D eigenvalue weighted by Gasteiger charge is -2.14. The molecule has 1 saturated heterocycles. The number of rotatable bonds is 5. The van der Waals surface area contributed by atoms with Crippen molar-refractivity contribution in [1.82, 2.24) is 4.90 Å². The van der Waals surface area contributed by atoms with Gasteiger partial charge in [-0.1, -0.05) is 18.7 Å². The average molecular weight is 313 g/mol. The Bertz CT molecular complexity index is 525. The molecule has 0 radical (unpaired) electrons. The Hall–Kier alpha value is -1.82. The number of carbonyl (C=O) groups excluding carboxylic acids is 1. The summed E-state index contributed by atoms with van der Waals surface area (Å²) in [6, 6.07) is 5.09. The van der Waals surface area contributed by atoms with E-state index in [1.807, 2.05) is 0 Å². The van der Waals surface area contributed by atoms with E-state index in [9.17, 15) is 18.0 Å². The van der Waals surface area contributed by atoms with E-state index in [0.29, 0.717) is 26.1 Å². The number of alkyl halides is 3. The van der Waals surface area contributed by atoms with Crippen LogP contribution in [0, 0.1) is 0 Å². The van der Waals surface area contributed by atoms with Gasteiger partial charge < -0.3 is 9.64 Å². The number of amides is 1. The lowest BCUT2D eigenvalue weighted by Crippen LogP contribution is -2.28. The van der Waals surface area contributed by atoms with Crippen LogP contribution in [0.5, 0.6) is 0 Å². The van der Waals surface area contributed by atoms with Gasteiger partial charge in [-0.3, -0.25) is 4.79 Å². The van der Waals surface area contributed by atoms with E-state index >= 15 is 0 Å². The quantitative estimate of drug-likeness (QED) is 0.782. The minimum absolute atomic E-state index is 0.0154. The van der Waals surface area contributed by atoms with Crippen LogP contribution < -0.4 is 0 Å². The molecule has 1 fully saturated rings. The second-order valence-electron chi connectivity index (χ2n) is 5.21. The molecule has 1 amide bonds. The molecule has 22 heavy (non-hydrogen) atoms. The van der Waals surface area contributed by atoms with Crippen LogP contribution in [0.15, 0.2) is 36.9 Å². The van der Waals surface area contributed by atoms with Crippen molar-refractivity contribution >= 4 is 5.91 Å². The van der Waals surface area contributed by atoms with Crippen LogP contribution in [-0.4, -0.2) is 36.6 Å². The highest BCUT2D eigenvalue weighted by Crippen LogP contribution is 2.29. The minimum Gasteiger partial charge on any atom is -0.376 e. The SMILES string of the molecule is C=CC(=O)N1CC[C@H](OCCc2ccc(C(F)(F)F)cc2)C1. The third kappa shape index (κ3) is 4.34. The molecule has 2 rings (SSSR count). The molecule has 1 atom stereocenters. The molecule has 0 spiro atoms. The van der Waals surface area contributed by atoms with Gasteiger partial charge in [0.1, 0.15) is 0 Å². The van der Waals surface area contributed by atoms with Crippen LogP contribution in [0.25, 0.3) is 0 Å². The molecule has 0 bridgehead atoms. The summed E-state index contributed by atoms with van der Waals surface area (Å²) in [7, 11) is 0. The zero-order valence-corrected chi connectivity index (χ0v) is 12.1. The summed E-state index contributed by atoms with van der Waals surface area (Å²) in [6.45, 7) is 5.06. The Balaban J connectivity index is 1.75. The van der Waals surface area contributed by atoms with Crippen molar-refractivity contribution in [3.8, 4) is 0 Å². The molecule has 0 aliphatic carbocycles. The molecular weight excluding hydrogens is 295 g/mol. The summed E-state index contributed by atoms with van der Waals surface area (Å²) in [5.74, 6) is -0.103. The van der Waals surface area contributed by atoms with Crippen LogP contribution in [0.4, 0.5) is 13.2 Å². The summed E-state index contributed by atoms with van der Waals surface area (Å²) >= 11 is 0. The maximum Gasteiger partial charge on any atom is 0.416 e. The van der Waals surface area contributed by atoms with Crippen molar-refractivity contribution in [3.63, 3.8) is 0 Å². The highest BCUT2D eigenvalue weighted by Gasteiger charge is 2.30. The monoisotopic (exact) mass is 313 g/mol. The molecule has 120 valence electrons. The number of carbonyl (C=O) groups is 1. The van der Waals surface area contributed by atoms with Gasteiger partial charge in [0, 0.05) is 13.1 Å². The molecule has 1 aliphatic rings. The maximum absolute atomic E-state index is 12.4. The molecule has 1 aliphatic heterocycles. The number of halogens is 3. The molecule has 1 heterocycles. The predicted octanol–water partition coefficient (Wildman–Crippen LogP) is 3.05. The lowest BCUT2D eigenvalue weighted by molar-refractivity contribution is -0.137. The van der Waals surface area contributed by atoms with Gasteiger partial charge in [0.25, 0.3) is 0 Å². The average Bonchev–Trinajstić information content (AvgIpc) is 2.95. The number of likely N-dealkylation sites (tertiary alicyclic amines) is 1. The minimum atomic E-state index is -4.31. The number of ether oxygens (including phenoxy) is 1. The molecule has 0 saturated carbocycles. The summed E-state index contributed by atoms with van der Waals surface area (Å²) in [4.78, 5) is 13.1. The molecule has 0 N–H and O–H groups in total. The lowest BCUT2D eigenvalue weighted by atomic mass is 10.1. The van der Waals surface area contributed by atoms with Crippen LogP contribution in [0.3, 0.4) is 0 Å². The zero-order valence-electron chi connectivity index (χ0n) is 12.1. The summed E-state index contributed by atoms with van der Waals surface area (Å²) in [5, 5.41) is 0. The van der Waals surface area contributed by atoms with Gasteiger partial charge in [-0.15, -0.1) is 0 Å². The second-order valence-corrected chi connectivity index (χ2v) is 5.21. The first-order valence-corrected chi connectivity index (χ1v) is 7.09. The predicted molar refractivity (Wildman–Crippen MR) is 76.3 cm³/mol. The van der Waals surface area contributed by atoms with E-state index in [0.717, 1.165) is 24.1 Å². The molecule has 3 nitrogen and oxygen atoms in total. The first-order valence-electron chi connectivity index (χ1n) is 7.09. The van der Waals surface area contributed by atoms with E-state index in [1.54, 1.807) is 4.90 Å². The summed E-state index contributed by atoms with van der Waals surface area (Å²) in [5.41, 5.74) is 0.150. The maximum atomic E-state index is 12.4. The van der Waals surface area contributed by atoms with E-state index < -0.39 is 11.7 Å². The fourth-order valence-corrected chi connectivity index (χ4v) is 2.40. The van der Waals surface area contributed by atoms with E-state index in [4.69, 9.17) is 4.74 Å². The fraction of sp³-hybridized carbons (Fsp3) is 0.438. The third-order valence-electron chi connectivity index (χ3n) is 3.66. The van der Waals surface area contributed by atoms with E-state index in [1.165, 1.54) is 18.2 Å². The fourth-order valence-electron chi connectivity index (χ4n) is 2.40. The Morgan fingerprint density at radius 1 is 1.36 bits per heavy atom.